The Morgan fingerprint density at radius 2 is 1.59 bits per heavy atom. The maximum absolute atomic E-state index is 12.4. The van der Waals surface area contributed by atoms with E-state index in [1.807, 2.05) is 5.32 Å². The summed E-state index contributed by atoms with van der Waals surface area (Å²) in [6.45, 7) is 1.79. The molecule has 0 saturated carbocycles. The van der Waals surface area contributed by atoms with E-state index in [4.69, 9.17) is 58.0 Å². The van der Waals surface area contributed by atoms with Gasteiger partial charge in [-0.1, -0.05) is 64.1 Å². The van der Waals surface area contributed by atoms with Crippen molar-refractivity contribution in [3.8, 4) is 0 Å². The van der Waals surface area contributed by atoms with E-state index in [1.165, 1.54) is 24.3 Å². The fourth-order valence-electron chi connectivity index (χ4n) is 2.25. The third kappa shape index (κ3) is 6.94. The van der Waals surface area contributed by atoms with E-state index in [2.05, 4.69) is 10.6 Å². The molecule has 0 aromatic heterocycles. The van der Waals surface area contributed by atoms with Crippen LogP contribution in [-0.4, -0.2) is 21.6 Å². The summed E-state index contributed by atoms with van der Waals surface area (Å²) in [7, 11) is 0. The van der Waals surface area contributed by atoms with Gasteiger partial charge in [-0.25, -0.2) is 4.79 Å². The van der Waals surface area contributed by atoms with Crippen LogP contribution in [0.2, 0.25) is 10.0 Å². The Kier molecular flexibility index (Phi) is 8.02. The first kappa shape index (κ1) is 23.6. The maximum Gasteiger partial charge on any atom is 0.326 e. The average molecular weight is 498 g/mol. The number of anilines is 1. The van der Waals surface area contributed by atoms with E-state index in [0.717, 1.165) is 5.56 Å². The summed E-state index contributed by atoms with van der Waals surface area (Å²) in [4.78, 5) is 35.6. The fourth-order valence-corrected chi connectivity index (χ4v) is 2.97. The highest BCUT2D eigenvalue weighted by molar-refractivity contribution is 6.76. The molecule has 0 aliphatic rings. The largest absolute Gasteiger partial charge is 0.345 e. The summed E-state index contributed by atoms with van der Waals surface area (Å²) in [5, 5.41) is 8.02. The van der Waals surface area contributed by atoms with Gasteiger partial charge in [0.25, 0.3) is 15.6 Å². The number of carbonyl (C=O) groups is 3. The topological polar surface area (TPSA) is 87.3 Å². The molecule has 154 valence electrons. The summed E-state index contributed by atoms with van der Waals surface area (Å²) in [6, 6.07) is 9.73. The van der Waals surface area contributed by atoms with Gasteiger partial charge in [0, 0.05) is 21.3 Å². The number of imide groups is 1. The molecule has 29 heavy (non-hydrogen) atoms. The second-order valence-electron chi connectivity index (χ2n) is 5.84. The van der Waals surface area contributed by atoms with Crippen molar-refractivity contribution in [3.05, 3.63) is 63.6 Å². The molecule has 11 heteroatoms. The Balaban J connectivity index is 1.97. The normalized spacial score (nSPS) is 12.1. The maximum atomic E-state index is 12.4. The van der Waals surface area contributed by atoms with Crippen LogP contribution in [0.4, 0.5) is 10.5 Å². The number of halogens is 5. The van der Waals surface area contributed by atoms with Crippen LogP contribution < -0.4 is 16.0 Å². The first-order chi connectivity index (χ1) is 13.5. The van der Waals surface area contributed by atoms with Gasteiger partial charge in [0.15, 0.2) is 0 Å². The second-order valence-corrected chi connectivity index (χ2v) is 8.97. The molecule has 0 spiro atoms. The van der Waals surface area contributed by atoms with Crippen molar-refractivity contribution in [1.82, 2.24) is 10.6 Å². The smallest absolute Gasteiger partial charge is 0.326 e. The molecule has 0 aliphatic heterocycles. The zero-order valence-electron chi connectivity index (χ0n) is 14.7. The van der Waals surface area contributed by atoms with Crippen molar-refractivity contribution in [1.29, 1.82) is 0 Å². The molecule has 0 heterocycles. The molecular formula is C18H14Cl5N3O3. The van der Waals surface area contributed by atoms with Crippen molar-refractivity contribution in [3.63, 3.8) is 0 Å². The summed E-state index contributed by atoms with van der Waals surface area (Å²) in [5.41, 5.74) is 1.40. The zero-order chi connectivity index (χ0) is 21.8. The Bertz CT molecular complexity index is 929. The SMILES string of the molecule is CC(NC(=O)c1ccc(NC(=O)NC(=O)C(Cl)(Cl)Cl)cc1)c1ccc(Cl)cc1Cl. The van der Waals surface area contributed by atoms with Crippen molar-refractivity contribution >= 4 is 81.5 Å². The summed E-state index contributed by atoms with van der Waals surface area (Å²) in [6.07, 6.45) is 0. The number of carbonyl (C=O) groups excluding carboxylic acids is 3. The van der Waals surface area contributed by atoms with E-state index in [0.29, 0.717) is 21.3 Å². The van der Waals surface area contributed by atoms with Gasteiger partial charge in [0.2, 0.25) is 0 Å². The van der Waals surface area contributed by atoms with Crippen molar-refractivity contribution in [2.24, 2.45) is 0 Å². The fraction of sp³-hybridized carbons (Fsp3) is 0.167. The predicted molar refractivity (Wildman–Crippen MR) is 116 cm³/mol. The van der Waals surface area contributed by atoms with Gasteiger partial charge in [-0.2, -0.15) is 0 Å². The van der Waals surface area contributed by atoms with Gasteiger partial charge >= 0.3 is 6.03 Å². The van der Waals surface area contributed by atoms with E-state index in [-0.39, 0.29) is 11.9 Å². The van der Waals surface area contributed by atoms with Gasteiger partial charge in [0.1, 0.15) is 0 Å². The monoisotopic (exact) mass is 495 g/mol. The first-order valence-corrected chi connectivity index (χ1v) is 9.91. The summed E-state index contributed by atoms with van der Waals surface area (Å²) >= 11 is 28.1. The van der Waals surface area contributed by atoms with Gasteiger partial charge < -0.3 is 10.6 Å². The van der Waals surface area contributed by atoms with Crippen LogP contribution in [0, 0.1) is 0 Å². The molecule has 0 fully saturated rings. The van der Waals surface area contributed by atoms with Crippen LogP contribution in [0.25, 0.3) is 0 Å². The Hall–Kier alpha value is -1.70. The lowest BCUT2D eigenvalue weighted by Gasteiger charge is -2.16. The number of hydrogen-bond acceptors (Lipinski definition) is 3. The molecule has 1 atom stereocenters. The van der Waals surface area contributed by atoms with Gasteiger partial charge in [-0.05, 0) is 48.9 Å². The Morgan fingerprint density at radius 1 is 0.966 bits per heavy atom. The number of hydrogen-bond donors (Lipinski definition) is 3. The predicted octanol–water partition coefficient (Wildman–Crippen LogP) is 5.50. The number of alkyl halides is 3. The number of urea groups is 1. The third-order valence-electron chi connectivity index (χ3n) is 3.67. The minimum Gasteiger partial charge on any atom is -0.345 e. The molecule has 4 amide bonds. The van der Waals surface area contributed by atoms with Gasteiger partial charge in [-0.3, -0.25) is 14.9 Å². The second kappa shape index (κ2) is 9.87. The Labute approximate surface area is 191 Å². The minimum atomic E-state index is -2.26. The minimum absolute atomic E-state index is 0.324. The first-order valence-electron chi connectivity index (χ1n) is 8.02. The Morgan fingerprint density at radius 3 is 2.14 bits per heavy atom. The van der Waals surface area contributed by atoms with Crippen LogP contribution >= 0.6 is 58.0 Å². The number of rotatable bonds is 4. The summed E-state index contributed by atoms with van der Waals surface area (Å²) < 4.78 is -2.26. The number of nitrogens with one attached hydrogen (secondary N) is 3. The molecule has 6 nitrogen and oxygen atoms in total. The van der Waals surface area contributed by atoms with Crippen LogP contribution in [0.5, 0.6) is 0 Å². The third-order valence-corrected chi connectivity index (χ3v) is 4.74. The zero-order valence-corrected chi connectivity index (χ0v) is 18.5. The molecule has 0 radical (unpaired) electrons. The molecule has 2 aromatic carbocycles. The number of benzene rings is 2. The van der Waals surface area contributed by atoms with E-state index in [1.54, 1.807) is 25.1 Å². The highest BCUT2D eigenvalue weighted by Crippen LogP contribution is 2.27. The molecule has 0 saturated heterocycles. The van der Waals surface area contributed by atoms with Crippen molar-refractivity contribution < 1.29 is 14.4 Å². The van der Waals surface area contributed by atoms with Crippen LogP contribution in [0.15, 0.2) is 42.5 Å². The van der Waals surface area contributed by atoms with E-state index in [9.17, 15) is 14.4 Å². The molecule has 1 unspecified atom stereocenters. The van der Waals surface area contributed by atoms with Gasteiger partial charge in [0.05, 0.1) is 6.04 Å². The lowest BCUT2D eigenvalue weighted by atomic mass is 10.1. The molecule has 2 aromatic rings. The highest BCUT2D eigenvalue weighted by atomic mass is 35.6. The molecular weight excluding hydrogens is 483 g/mol. The lowest BCUT2D eigenvalue weighted by molar-refractivity contribution is -0.119. The average Bonchev–Trinajstić information content (AvgIpc) is 2.61. The van der Waals surface area contributed by atoms with Gasteiger partial charge in [-0.15, -0.1) is 0 Å². The van der Waals surface area contributed by atoms with Crippen molar-refractivity contribution in [2.75, 3.05) is 5.32 Å². The van der Waals surface area contributed by atoms with E-state index >= 15 is 0 Å². The highest BCUT2D eigenvalue weighted by Gasteiger charge is 2.32. The van der Waals surface area contributed by atoms with Crippen molar-refractivity contribution in [2.45, 2.75) is 16.8 Å². The molecule has 3 N–H and O–H groups in total. The molecule has 2 rings (SSSR count). The van der Waals surface area contributed by atoms with Crippen LogP contribution in [-0.2, 0) is 4.79 Å². The quantitative estimate of drug-likeness (QED) is 0.487. The van der Waals surface area contributed by atoms with Crippen LogP contribution in [0.1, 0.15) is 28.9 Å². The lowest BCUT2D eigenvalue weighted by Crippen LogP contribution is -2.41. The van der Waals surface area contributed by atoms with Crippen LogP contribution in [0.3, 0.4) is 0 Å². The number of amides is 4. The standard InChI is InChI=1S/C18H14Cl5N3O3/c1-9(13-7-4-11(19)8-14(13)20)24-15(27)10-2-5-12(6-3-10)25-17(29)26-16(28)18(21,22)23/h2-9H,1H3,(H,24,27)(H2,25,26,28,29). The van der Waals surface area contributed by atoms with E-state index < -0.39 is 15.7 Å². The molecule has 0 aliphatic carbocycles. The molecule has 0 bridgehead atoms. The summed E-state index contributed by atoms with van der Waals surface area (Å²) in [5.74, 6) is -1.43.